The van der Waals surface area contributed by atoms with Crippen LogP contribution in [-0.2, 0) is 6.42 Å². The lowest BCUT2D eigenvalue weighted by Gasteiger charge is -2.29. The van der Waals surface area contributed by atoms with Crippen molar-refractivity contribution in [1.82, 2.24) is 19.4 Å². The van der Waals surface area contributed by atoms with Gasteiger partial charge in [0.05, 0.1) is 35.1 Å². The zero-order valence-electron chi connectivity index (χ0n) is 23.9. The van der Waals surface area contributed by atoms with E-state index in [0.29, 0.717) is 36.0 Å². The summed E-state index contributed by atoms with van der Waals surface area (Å²) in [5.74, 6) is 0.475. The van der Waals surface area contributed by atoms with Crippen LogP contribution in [0.1, 0.15) is 49.8 Å². The molecule has 8 nitrogen and oxygen atoms in total. The van der Waals surface area contributed by atoms with Crippen LogP contribution in [0.15, 0.2) is 84.0 Å². The number of nitrogens with zero attached hydrogens (tertiary/aromatic N) is 4. The highest BCUT2D eigenvalue weighted by atomic mass is 16.6. The SMILES string of the molecule is CCN(C)C(=O)Oc1ccc(-c2cc(Cc3cc4c(=O)n(C5CCCCC5O)cnc4c4ccccc34)ccn2)cc1. The fraction of sp³-hybridized carbons (Fsp3) is 0.294. The Balaban J connectivity index is 1.34. The van der Waals surface area contributed by atoms with E-state index in [1.165, 1.54) is 4.90 Å². The zero-order valence-corrected chi connectivity index (χ0v) is 23.9. The monoisotopic (exact) mass is 562 g/mol. The fourth-order valence-corrected chi connectivity index (χ4v) is 5.81. The molecular weight excluding hydrogens is 528 g/mol. The first kappa shape index (κ1) is 27.6. The highest BCUT2D eigenvalue weighted by Crippen LogP contribution is 2.31. The fourth-order valence-electron chi connectivity index (χ4n) is 5.81. The third kappa shape index (κ3) is 5.37. The van der Waals surface area contributed by atoms with Gasteiger partial charge in [-0.15, -0.1) is 0 Å². The highest BCUT2D eigenvalue weighted by Gasteiger charge is 2.26. The van der Waals surface area contributed by atoms with Gasteiger partial charge < -0.3 is 14.7 Å². The highest BCUT2D eigenvalue weighted by molar-refractivity contribution is 6.06. The Labute approximate surface area is 244 Å². The third-order valence-corrected chi connectivity index (χ3v) is 8.29. The van der Waals surface area contributed by atoms with Crippen molar-refractivity contribution in [3.05, 3.63) is 101 Å². The molecule has 3 aromatic carbocycles. The van der Waals surface area contributed by atoms with Crippen LogP contribution in [0.2, 0.25) is 0 Å². The Hall–Kier alpha value is -4.56. The molecule has 0 aliphatic heterocycles. The molecule has 8 heteroatoms. The molecule has 6 rings (SSSR count). The average molecular weight is 563 g/mol. The van der Waals surface area contributed by atoms with Gasteiger partial charge in [0.2, 0.25) is 0 Å². The first-order valence-corrected chi connectivity index (χ1v) is 14.5. The second kappa shape index (κ2) is 11.7. The molecule has 2 atom stereocenters. The number of carbonyl (C=O) groups is 1. The van der Waals surface area contributed by atoms with Gasteiger partial charge in [0.1, 0.15) is 5.75 Å². The number of carbonyl (C=O) groups excluding carboxylic acids is 1. The second-order valence-electron chi connectivity index (χ2n) is 11.0. The normalized spacial score (nSPS) is 16.9. The average Bonchev–Trinajstić information content (AvgIpc) is 3.02. The van der Waals surface area contributed by atoms with Crippen molar-refractivity contribution in [1.29, 1.82) is 0 Å². The number of pyridine rings is 1. The van der Waals surface area contributed by atoms with Crippen molar-refractivity contribution in [2.24, 2.45) is 0 Å². The molecule has 0 bridgehead atoms. The summed E-state index contributed by atoms with van der Waals surface area (Å²) in [6, 6.07) is 21.1. The van der Waals surface area contributed by atoms with E-state index in [1.807, 2.05) is 55.5 Å². The van der Waals surface area contributed by atoms with Crippen LogP contribution in [0.25, 0.3) is 32.9 Å². The molecule has 1 fully saturated rings. The Morgan fingerprint density at radius 1 is 1.00 bits per heavy atom. The molecule has 5 aromatic rings. The molecule has 0 radical (unpaired) electrons. The van der Waals surface area contributed by atoms with Crippen molar-refractivity contribution in [2.45, 2.75) is 51.2 Å². The standard InChI is InChI=1S/C34H34N4O4/c1-3-37(2)34(41)42-25-14-12-23(13-15-25)29-19-22(16-17-35-29)18-24-20-28-32(27-9-5-4-8-26(24)27)36-21-38(33(28)40)30-10-6-7-11-31(30)39/h4-5,8-9,12-17,19-21,30-31,39H,3,6-7,10-11,18H2,1-2H3. The second-order valence-corrected chi connectivity index (χ2v) is 11.0. The Bertz CT molecular complexity index is 1820. The van der Waals surface area contributed by atoms with Crippen LogP contribution < -0.4 is 10.3 Å². The van der Waals surface area contributed by atoms with Crippen molar-refractivity contribution in [2.75, 3.05) is 13.6 Å². The van der Waals surface area contributed by atoms with Crippen molar-refractivity contribution < 1.29 is 14.6 Å². The first-order valence-electron chi connectivity index (χ1n) is 14.5. The molecule has 1 saturated carbocycles. The number of fused-ring (bicyclic) bond motifs is 3. The maximum Gasteiger partial charge on any atom is 0.414 e. The Morgan fingerprint density at radius 3 is 2.52 bits per heavy atom. The predicted octanol–water partition coefficient (Wildman–Crippen LogP) is 6.13. The van der Waals surface area contributed by atoms with Gasteiger partial charge in [-0.05, 0) is 85.2 Å². The smallest absolute Gasteiger partial charge is 0.410 e. The van der Waals surface area contributed by atoms with Crippen LogP contribution >= 0.6 is 0 Å². The van der Waals surface area contributed by atoms with E-state index < -0.39 is 12.2 Å². The molecule has 1 amide bonds. The van der Waals surface area contributed by atoms with Gasteiger partial charge >= 0.3 is 6.09 Å². The first-order chi connectivity index (χ1) is 20.4. The summed E-state index contributed by atoms with van der Waals surface area (Å²) in [7, 11) is 1.69. The number of rotatable bonds is 6. The van der Waals surface area contributed by atoms with Gasteiger partial charge in [-0.1, -0.05) is 37.1 Å². The lowest BCUT2D eigenvalue weighted by molar-refractivity contribution is 0.0735. The van der Waals surface area contributed by atoms with E-state index in [9.17, 15) is 14.7 Å². The van der Waals surface area contributed by atoms with E-state index in [-0.39, 0.29) is 11.6 Å². The van der Waals surface area contributed by atoms with Gasteiger partial charge in [-0.25, -0.2) is 9.78 Å². The number of ether oxygens (including phenoxy) is 1. The minimum Gasteiger partial charge on any atom is -0.410 e. The number of aliphatic hydroxyl groups excluding tert-OH is 1. The van der Waals surface area contributed by atoms with Gasteiger partial charge in [0.15, 0.2) is 0 Å². The third-order valence-electron chi connectivity index (χ3n) is 8.29. The largest absolute Gasteiger partial charge is 0.414 e. The minimum absolute atomic E-state index is 0.112. The zero-order chi connectivity index (χ0) is 29.2. The summed E-state index contributed by atoms with van der Waals surface area (Å²) in [6.07, 6.45) is 6.50. The van der Waals surface area contributed by atoms with Crippen molar-refractivity contribution >= 4 is 27.8 Å². The quantitative estimate of drug-likeness (QED) is 0.250. The van der Waals surface area contributed by atoms with E-state index in [1.54, 1.807) is 36.3 Å². The number of hydrogen-bond acceptors (Lipinski definition) is 6. The summed E-state index contributed by atoms with van der Waals surface area (Å²) in [5.41, 5.74) is 4.36. The minimum atomic E-state index is -0.537. The molecule has 2 unspecified atom stereocenters. The molecule has 1 aliphatic rings. The maximum absolute atomic E-state index is 13.8. The van der Waals surface area contributed by atoms with Gasteiger partial charge in [-0.3, -0.25) is 14.3 Å². The number of benzene rings is 3. The Morgan fingerprint density at radius 2 is 1.76 bits per heavy atom. The maximum atomic E-state index is 13.8. The molecule has 0 saturated heterocycles. The molecule has 2 heterocycles. The summed E-state index contributed by atoms with van der Waals surface area (Å²) in [6.45, 7) is 2.45. The van der Waals surface area contributed by atoms with Crippen LogP contribution in [0.5, 0.6) is 5.75 Å². The summed E-state index contributed by atoms with van der Waals surface area (Å²) in [4.78, 5) is 36.7. The molecular formula is C34H34N4O4. The van der Waals surface area contributed by atoms with Crippen LogP contribution in [0.4, 0.5) is 4.79 Å². The van der Waals surface area contributed by atoms with E-state index >= 15 is 0 Å². The Kier molecular flexibility index (Phi) is 7.71. The summed E-state index contributed by atoms with van der Waals surface area (Å²) in [5, 5.41) is 13.2. The lowest BCUT2D eigenvalue weighted by atomic mass is 9.92. The predicted molar refractivity (Wildman–Crippen MR) is 164 cm³/mol. The van der Waals surface area contributed by atoms with Gasteiger partial charge in [0.25, 0.3) is 5.56 Å². The van der Waals surface area contributed by atoms with Gasteiger partial charge in [0, 0.05) is 30.7 Å². The van der Waals surface area contributed by atoms with Crippen LogP contribution in [0, 0.1) is 0 Å². The molecule has 0 spiro atoms. The molecule has 1 N–H and O–H groups in total. The lowest BCUT2D eigenvalue weighted by Crippen LogP contribution is -2.34. The number of aliphatic hydroxyl groups is 1. The number of aromatic nitrogens is 3. The number of hydrogen-bond donors (Lipinski definition) is 1. The van der Waals surface area contributed by atoms with Crippen molar-refractivity contribution in [3.8, 4) is 17.0 Å². The summed E-state index contributed by atoms with van der Waals surface area (Å²) >= 11 is 0. The molecule has 42 heavy (non-hydrogen) atoms. The van der Waals surface area contributed by atoms with E-state index in [4.69, 9.17) is 9.72 Å². The van der Waals surface area contributed by atoms with E-state index in [0.717, 1.165) is 52.4 Å². The topological polar surface area (TPSA) is 97.5 Å². The van der Waals surface area contributed by atoms with E-state index in [2.05, 4.69) is 11.1 Å². The van der Waals surface area contributed by atoms with Crippen LogP contribution in [-0.4, -0.2) is 50.3 Å². The summed E-state index contributed by atoms with van der Waals surface area (Å²) < 4.78 is 7.05. The molecule has 2 aromatic heterocycles. The number of amides is 1. The molecule has 1 aliphatic carbocycles. The molecule has 214 valence electrons. The van der Waals surface area contributed by atoms with Crippen molar-refractivity contribution in [3.63, 3.8) is 0 Å². The van der Waals surface area contributed by atoms with Crippen LogP contribution in [0.3, 0.4) is 0 Å². The van der Waals surface area contributed by atoms with Gasteiger partial charge in [-0.2, -0.15) is 0 Å².